The number of benzene rings is 1. The summed E-state index contributed by atoms with van der Waals surface area (Å²) in [5.41, 5.74) is -0.321. The van der Waals surface area contributed by atoms with Crippen LogP contribution in [0.25, 0.3) is 0 Å². The van der Waals surface area contributed by atoms with Crippen molar-refractivity contribution in [1.82, 2.24) is 0 Å². The Labute approximate surface area is 73.7 Å². The minimum absolute atomic E-state index is 0.0532. The number of carbonyl (C=O) groups is 1. The molecule has 0 saturated heterocycles. The van der Waals surface area contributed by atoms with Crippen molar-refractivity contribution >= 4 is 17.7 Å². The molecule has 5 heteroatoms. The Morgan fingerprint density at radius 1 is 1.46 bits per heavy atom. The van der Waals surface area contributed by atoms with Crippen LogP contribution >= 0.6 is 0 Å². The van der Waals surface area contributed by atoms with E-state index in [9.17, 15) is 14.9 Å². The van der Waals surface area contributed by atoms with Crippen LogP contribution in [0, 0.1) is 15.5 Å². The monoisotopic (exact) mass is 178 g/mol. The summed E-state index contributed by atoms with van der Waals surface area (Å²) in [6, 6.07) is 5.55. The van der Waals surface area contributed by atoms with Crippen LogP contribution in [0.15, 0.2) is 24.3 Å². The zero-order valence-electron chi connectivity index (χ0n) is 6.56. The minimum Gasteiger partial charge on any atom is -0.305 e. The Morgan fingerprint density at radius 2 is 2.08 bits per heavy atom. The Bertz CT molecular complexity index is 373. The highest BCUT2D eigenvalue weighted by Gasteiger charge is 2.16. The van der Waals surface area contributed by atoms with Crippen molar-refractivity contribution in [2.45, 2.75) is 0 Å². The molecule has 0 radical (unpaired) electrons. The number of hydrogen-bond acceptors (Lipinski definition) is 4. The van der Waals surface area contributed by atoms with Gasteiger partial charge in [0.2, 0.25) is 5.78 Å². The van der Waals surface area contributed by atoms with Crippen LogP contribution in [0.1, 0.15) is 10.4 Å². The molecule has 0 amide bonds. The molecular formula is C8H6N2O3. The highest BCUT2D eigenvalue weighted by molar-refractivity contribution is 6.35. The summed E-state index contributed by atoms with van der Waals surface area (Å²) < 4.78 is 0. The first kappa shape index (κ1) is 9.05. The molecule has 0 unspecified atom stereocenters. The average Bonchev–Trinajstić information content (AvgIpc) is 2.16. The average molecular weight is 178 g/mol. The molecule has 0 aliphatic carbocycles. The van der Waals surface area contributed by atoms with E-state index in [4.69, 9.17) is 5.41 Å². The van der Waals surface area contributed by atoms with Gasteiger partial charge in [-0.2, -0.15) is 0 Å². The number of Topliss-reactive ketones (excluding diaryl/α,β-unsaturated/α-hetero) is 1. The van der Waals surface area contributed by atoms with E-state index in [0.717, 1.165) is 0 Å². The second kappa shape index (κ2) is 3.57. The number of nitro groups is 1. The second-order valence-corrected chi connectivity index (χ2v) is 2.28. The number of rotatable bonds is 3. The second-order valence-electron chi connectivity index (χ2n) is 2.28. The number of nitrogens with zero attached hydrogens (tertiary/aromatic N) is 1. The Hall–Kier alpha value is -2.04. The first-order chi connectivity index (χ1) is 6.16. The lowest BCUT2D eigenvalue weighted by molar-refractivity contribution is -0.385. The van der Waals surface area contributed by atoms with E-state index in [-0.39, 0.29) is 11.3 Å². The first-order valence-corrected chi connectivity index (χ1v) is 3.45. The normalized spacial score (nSPS) is 9.23. The molecule has 0 spiro atoms. The van der Waals surface area contributed by atoms with Crippen molar-refractivity contribution in [1.29, 1.82) is 5.41 Å². The van der Waals surface area contributed by atoms with Gasteiger partial charge in [-0.05, 0) is 6.07 Å². The van der Waals surface area contributed by atoms with E-state index >= 15 is 0 Å². The minimum atomic E-state index is -0.660. The molecule has 0 aliphatic rings. The molecule has 13 heavy (non-hydrogen) atoms. The summed E-state index contributed by atoms with van der Waals surface area (Å²) in [7, 11) is 0. The molecule has 5 nitrogen and oxygen atoms in total. The van der Waals surface area contributed by atoms with E-state index < -0.39 is 10.7 Å². The molecule has 1 aromatic carbocycles. The van der Waals surface area contributed by atoms with Crippen LogP contribution in [-0.4, -0.2) is 16.9 Å². The molecule has 66 valence electrons. The van der Waals surface area contributed by atoms with Gasteiger partial charge in [-0.15, -0.1) is 0 Å². The van der Waals surface area contributed by atoms with Crippen LogP contribution in [0.3, 0.4) is 0 Å². The van der Waals surface area contributed by atoms with Crippen molar-refractivity contribution in [3.63, 3.8) is 0 Å². The van der Waals surface area contributed by atoms with Crippen LogP contribution < -0.4 is 0 Å². The number of nitrogens with one attached hydrogen (secondary N) is 1. The van der Waals surface area contributed by atoms with Gasteiger partial charge in [0.05, 0.1) is 11.1 Å². The molecule has 0 bridgehead atoms. The molecule has 1 rings (SSSR count). The zero-order valence-corrected chi connectivity index (χ0v) is 6.56. The Kier molecular flexibility index (Phi) is 2.49. The van der Waals surface area contributed by atoms with Crippen molar-refractivity contribution in [3.05, 3.63) is 39.9 Å². The van der Waals surface area contributed by atoms with Gasteiger partial charge in [0.25, 0.3) is 5.69 Å². The number of ketones is 1. The number of para-hydroxylation sites is 1. The van der Waals surface area contributed by atoms with Crippen LogP contribution in [0.2, 0.25) is 0 Å². The molecule has 0 atom stereocenters. The summed E-state index contributed by atoms with van der Waals surface area (Å²) in [6.07, 6.45) is 0.558. The van der Waals surface area contributed by atoms with E-state index in [1.807, 2.05) is 0 Å². The summed E-state index contributed by atoms with van der Waals surface area (Å²) in [4.78, 5) is 20.8. The first-order valence-electron chi connectivity index (χ1n) is 3.45. The third kappa shape index (κ3) is 1.76. The van der Waals surface area contributed by atoms with Gasteiger partial charge in [-0.25, -0.2) is 0 Å². The fraction of sp³-hybridized carbons (Fsp3) is 0. The third-order valence-electron chi connectivity index (χ3n) is 1.50. The Morgan fingerprint density at radius 3 is 2.62 bits per heavy atom. The maximum atomic E-state index is 11.0. The fourth-order valence-electron chi connectivity index (χ4n) is 0.919. The van der Waals surface area contributed by atoms with Crippen LogP contribution in [-0.2, 0) is 0 Å². The lowest BCUT2D eigenvalue weighted by Crippen LogP contribution is -2.03. The highest BCUT2D eigenvalue weighted by atomic mass is 16.6. The van der Waals surface area contributed by atoms with Gasteiger partial charge >= 0.3 is 0 Å². The SMILES string of the molecule is N=CC(=O)c1ccccc1[N+](=O)[O-]. The lowest BCUT2D eigenvalue weighted by Gasteiger charge is -1.96. The topological polar surface area (TPSA) is 84.1 Å². The highest BCUT2D eigenvalue weighted by Crippen LogP contribution is 2.17. The molecule has 0 aromatic heterocycles. The molecule has 1 N–H and O–H groups in total. The summed E-state index contributed by atoms with van der Waals surface area (Å²) in [5.74, 6) is -0.660. The van der Waals surface area contributed by atoms with Crippen LogP contribution in [0.4, 0.5) is 5.69 Å². The van der Waals surface area contributed by atoms with Gasteiger partial charge < -0.3 is 5.41 Å². The molecule has 0 heterocycles. The van der Waals surface area contributed by atoms with Gasteiger partial charge in [0.1, 0.15) is 5.56 Å². The Balaban J connectivity index is 3.27. The van der Waals surface area contributed by atoms with E-state index in [0.29, 0.717) is 6.21 Å². The zero-order chi connectivity index (χ0) is 9.84. The molecule has 0 aliphatic heterocycles. The van der Waals surface area contributed by atoms with Crippen LogP contribution in [0.5, 0.6) is 0 Å². The van der Waals surface area contributed by atoms with E-state index in [1.54, 1.807) is 0 Å². The molecule has 0 fully saturated rings. The fourth-order valence-corrected chi connectivity index (χ4v) is 0.919. The van der Waals surface area contributed by atoms with Gasteiger partial charge in [0, 0.05) is 6.07 Å². The van der Waals surface area contributed by atoms with Crippen molar-refractivity contribution in [2.75, 3.05) is 0 Å². The lowest BCUT2D eigenvalue weighted by atomic mass is 10.1. The number of nitro benzene ring substituents is 1. The third-order valence-corrected chi connectivity index (χ3v) is 1.50. The maximum Gasteiger partial charge on any atom is 0.280 e. The summed E-state index contributed by atoms with van der Waals surface area (Å²) in [5, 5.41) is 17.1. The molecular weight excluding hydrogens is 172 g/mol. The number of hydrogen-bond donors (Lipinski definition) is 1. The summed E-state index contributed by atoms with van der Waals surface area (Å²) in [6.45, 7) is 0. The maximum absolute atomic E-state index is 11.0. The predicted octanol–water partition coefficient (Wildman–Crippen LogP) is 1.43. The predicted molar refractivity (Wildman–Crippen MR) is 46.2 cm³/mol. The number of carbonyl (C=O) groups excluding carboxylic acids is 1. The van der Waals surface area contributed by atoms with E-state index in [1.165, 1.54) is 24.3 Å². The summed E-state index contributed by atoms with van der Waals surface area (Å²) >= 11 is 0. The van der Waals surface area contributed by atoms with Gasteiger partial charge in [-0.1, -0.05) is 12.1 Å². The van der Waals surface area contributed by atoms with Gasteiger partial charge in [-0.3, -0.25) is 14.9 Å². The molecule has 1 aromatic rings. The standard InChI is InChI=1S/C8H6N2O3/c9-5-8(11)6-3-1-2-4-7(6)10(12)13/h1-5,9H. The largest absolute Gasteiger partial charge is 0.305 e. The molecule has 0 saturated carbocycles. The van der Waals surface area contributed by atoms with E-state index in [2.05, 4.69) is 0 Å². The van der Waals surface area contributed by atoms with Crippen molar-refractivity contribution in [3.8, 4) is 0 Å². The smallest absolute Gasteiger partial charge is 0.280 e. The van der Waals surface area contributed by atoms with Crippen molar-refractivity contribution < 1.29 is 9.72 Å². The quantitative estimate of drug-likeness (QED) is 0.329. The van der Waals surface area contributed by atoms with Gasteiger partial charge in [0.15, 0.2) is 0 Å². The van der Waals surface area contributed by atoms with Crippen molar-refractivity contribution in [2.24, 2.45) is 0 Å².